The summed E-state index contributed by atoms with van der Waals surface area (Å²) in [6, 6.07) is -1.07. The molecule has 464 valence electrons. The first-order valence-electron chi connectivity index (χ1n) is 32.7. The number of carbonyl (C=O) groups is 2. The van der Waals surface area contributed by atoms with Crippen molar-refractivity contribution in [2.45, 2.75) is 307 Å². The highest BCUT2D eigenvalue weighted by Gasteiger charge is 2.47. The van der Waals surface area contributed by atoms with Gasteiger partial charge in [0.25, 0.3) is 0 Å². The quantitative estimate of drug-likeness (QED) is 0.0195. The molecule has 11 nitrogen and oxygen atoms in total. The Balaban J connectivity index is 2.70. The van der Waals surface area contributed by atoms with Gasteiger partial charge in [0.1, 0.15) is 24.4 Å². The number of hydrogen-bond donors (Lipinski definition) is 6. The fourth-order valence-corrected chi connectivity index (χ4v) is 9.52. The van der Waals surface area contributed by atoms with Gasteiger partial charge in [-0.3, -0.25) is 9.59 Å². The molecule has 1 fully saturated rings. The van der Waals surface area contributed by atoms with Gasteiger partial charge in [0.15, 0.2) is 12.4 Å². The predicted molar refractivity (Wildman–Crippen MR) is 338 cm³/mol. The maximum atomic E-state index is 13.4. The average molecular weight is 1130 g/mol. The highest BCUT2D eigenvalue weighted by Crippen LogP contribution is 2.26. The van der Waals surface area contributed by atoms with Crippen molar-refractivity contribution in [2.24, 2.45) is 0 Å². The minimum atomic E-state index is -1.63. The van der Waals surface area contributed by atoms with Crippen LogP contribution in [0.2, 0.25) is 0 Å². The standard InChI is InChI=1S/C70H119NO10/c1-4-7-10-13-16-19-22-25-27-29-31-32-33-35-37-40-43-46-49-52-55-58-65(75)81-68-67(77)66(76)64(59-72)80-70(68)79-60-61(62(73)56-53-50-47-44-41-38-24-21-18-15-12-9-6-3)71-69(78)63(74)57-54-51-48-45-42-39-36-34-30-28-26-23-20-17-14-11-8-5-2/h8,11,16-17,19-20,25-28,34,36,42,45,51,53-54,56,61-64,66-68,70,72-74,76-77H,4-7,9-10,12-15,18,21-24,29-33,35,37-41,43-44,46-50,52,55,57-60H2,1-3H3,(H,71,78)/b11-8-,19-16-,20-17-,27-25-,28-26-,36-34-,45-42-,54-51-,56-53+. The molecular formula is C70H119NO10. The first kappa shape index (κ1) is 75.3. The van der Waals surface area contributed by atoms with E-state index in [0.29, 0.717) is 12.8 Å². The van der Waals surface area contributed by atoms with Crippen LogP contribution < -0.4 is 5.32 Å². The largest absolute Gasteiger partial charge is 0.454 e. The van der Waals surface area contributed by atoms with E-state index in [0.717, 1.165) is 89.9 Å². The molecule has 0 aliphatic carbocycles. The summed E-state index contributed by atoms with van der Waals surface area (Å²) in [6.07, 6.45) is 67.1. The lowest BCUT2D eigenvalue weighted by molar-refractivity contribution is -0.305. The molecule has 8 unspecified atom stereocenters. The number of ether oxygens (including phenoxy) is 3. The van der Waals surface area contributed by atoms with Gasteiger partial charge >= 0.3 is 5.97 Å². The van der Waals surface area contributed by atoms with Gasteiger partial charge < -0.3 is 45.1 Å². The highest BCUT2D eigenvalue weighted by atomic mass is 16.7. The van der Waals surface area contributed by atoms with Crippen LogP contribution in [0.15, 0.2) is 109 Å². The normalized spacial score (nSPS) is 19.4. The van der Waals surface area contributed by atoms with E-state index >= 15 is 0 Å². The number of rotatable bonds is 54. The van der Waals surface area contributed by atoms with Crippen molar-refractivity contribution in [3.63, 3.8) is 0 Å². The van der Waals surface area contributed by atoms with E-state index < -0.39 is 67.4 Å². The monoisotopic (exact) mass is 1130 g/mol. The Morgan fingerprint density at radius 2 is 0.889 bits per heavy atom. The Morgan fingerprint density at radius 3 is 1.36 bits per heavy atom. The van der Waals surface area contributed by atoms with E-state index in [9.17, 15) is 35.1 Å². The third kappa shape index (κ3) is 44.5. The fourth-order valence-electron chi connectivity index (χ4n) is 9.52. The number of hydrogen-bond acceptors (Lipinski definition) is 10. The topological polar surface area (TPSA) is 175 Å². The molecule has 1 amide bonds. The zero-order chi connectivity index (χ0) is 58.9. The maximum absolute atomic E-state index is 13.4. The summed E-state index contributed by atoms with van der Waals surface area (Å²) in [6.45, 7) is 5.61. The Labute approximate surface area is 494 Å². The van der Waals surface area contributed by atoms with Gasteiger partial charge in [-0.15, -0.1) is 0 Å². The Bertz CT molecular complexity index is 1730. The number of aliphatic hydroxyl groups is 5. The molecule has 0 radical (unpaired) electrons. The summed E-state index contributed by atoms with van der Waals surface area (Å²) in [5, 5.41) is 57.0. The molecule has 6 N–H and O–H groups in total. The highest BCUT2D eigenvalue weighted by molar-refractivity contribution is 5.81. The molecule has 1 aliphatic rings. The summed E-state index contributed by atoms with van der Waals surface area (Å²) >= 11 is 0. The summed E-state index contributed by atoms with van der Waals surface area (Å²) in [5.74, 6) is -1.29. The molecule has 0 aromatic heterocycles. The molecule has 0 spiro atoms. The molecular weight excluding hydrogens is 1010 g/mol. The lowest BCUT2D eigenvalue weighted by Gasteiger charge is -2.41. The first-order chi connectivity index (χ1) is 39.7. The van der Waals surface area contributed by atoms with Crippen molar-refractivity contribution in [1.29, 1.82) is 0 Å². The van der Waals surface area contributed by atoms with Gasteiger partial charge in [0.05, 0.1) is 25.4 Å². The molecule has 0 aromatic rings. The second-order valence-corrected chi connectivity index (χ2v) is 22.1. The van der Waals surface area contributed by atoms with Crippen LogP contribution in [0.4, 0.5) is 0 Å². The molecule has 0 aromatic carbocycles. The molecule has 81 heavy (non-hydrogen) atoms. The Hall–Kier alpha value is -3.68. The maximum Gasteiger partial charge on any atom is 0.306 e. The first-order valence-corrected chi connectivity index (χ1v) is 32.7. The van der Waals surface area contributed by atoms with Crippen molar-refractivity contribution >= 4 is 11.9 Å². The van der Waals surface area contributed by atoms with Crippen LogP contribution in [0.25, 0.3) is 0 Å². The van der Waals surface area contributed by atoms with E-state index in [1.165, 1.54) is 122 Å². The number of carbonyl (C=O) groups excluding carboxylic acids is 2. The van der Waals surface area contributed by atoms with Crippen LogP contribution in [0.3, 0.4) is 0 Å². The zero-order valence-corrected chi connectivity index (χ0v) is 51.4. The minimum absolute atomic E-state index is 0.0533. The van der Waals surface area contributed by atoms with E-state index in [2.05, 4.69) is 105 Å². The summed E-state index contributed by atoms with van der Waals surface area (Å²) in [7, 11) is 0. The number of allylic oxidation sites excluding steroid dienone is 16. The average Bonchev–Trinajstić information content (AvgIpc) is 3.46. The van der Waals surface area contributed by atoms with Crippen molar-refractivity contribution in [2.75, 3.05) is 13.2 Å². The van der Waals surface area contributed by atoms with E-state index in [4.69, 9.17) is 14.2 Å². The second-order valence-electron chi connectivity index (χ2n) is 22.1. The van der Waals surface area contributed by atoms with Crippen LogP contribution in [-0.4, -0.2) is 99.6 Å². The van der Waals surface area contributed by atoms with Gasteiger partial charge in [0.2, 0.25) is 5.91 Å². The molecule has 11 heteroatoms. The number of amides is 1. The van der Waals surface area contributed by atoms with Gasteiger partial charge in [-0.05, 0) is 89.9 Å². The smallest absolute Gasteiger partial charge is 0.306 e. The van der Waals surface area contributed by atoms with Gasteiger partial charge in [-0.25, -0.2) is 0 Å². The van der Waals surface area contributed by atoms with Crippen LogP contribution in [0, 0.1) is 0 Å². The van der Waals surface area contributed by atoms with Crippen molar-refractivity contribution in [3.8, 4) is 0 Å². The molecule has 1 rings (SSSR count). The molecule has 1 saturated heterocycles. The SMILES string of the molecule is CC/C=C\C/C=C\C/C=C\C/C=C\C/C=C\C/C=C\CC(O)C(=O)NC(COC1OC(CO)C(O)C(O)C1OC(=O)CCCCCCCCCCCCC/C=C\C/C=C\CCCCC)C(O)/C=C/CCCCCCCCCCCCC. The number of nitrogens with one attached hydrogen (secondary N) is 1. The third-order valence-electron chi connectivity index (χ3n) is 14.7. The molecule has 0 bridgehead atoms. The molecule has 1 aliphatic heterocycles. The van der Waals surface area contributed by atoms with E-state index in [-0.39, 0.29) is 19.4 Å². The van der Waals surface area contributed by atoms with Crippen molar-refractivity contribution in [1.82, 2.24) is 5.32 Å². The van der Waals surface area contributed by atoms with Gasteiger partial charge in [-0.2, -0.15) is 0 Å². The van der Waals surface area contributed by atoms with Crippen LogP contribution >= 0.6 is 0 Å². The molecule has 0 saturated carbocycles. The summed E-state index contributed by atoms with van der Waals surface area (Å²) < 4.78 is 17.6. The molecule has 8 atom stereocenters. The van der Waals surface area contributed by atoms with E-state index in [1.807, 2.05) is 18.2 Å². The van der Waals surface area contributed by atoms with Crippen LogP contribution in [0.5, 0.6) is 0 Å². The summed E-state index contributed by atoms with van der Waals surface area (Å²) in [5.41, 5.74) is 0. The third-order valence-corrected chi connectivity index (χ3v) is 14.7. The number of aliphatic hydroxyl groups excluding tert-OH is 5. The predicted octanol–water partition coefficient (Wildman–Crippen LogP) is 16.1. The Kier molecular flexibility index (Phi) is 52.8. The van der Waals surface area contributed by atoms with Gasteiger partial charge in [-0.1, -0.05) is 265 Å². The lowest BCUT2D eigenvalue weighted by atomic mass is 9.99. The summed E-state index contributed by atoms with van der Waals surface area (Å²) in [4.78, 5) is 26.6. The zero-order valence-electron chi connectivity index (χ0n) is 51.4. The lowest BCUT2D eigenvalue weighted by Crippen LogP contribution is -2.61. The van der Waals surface area contributed by atoms with Crippen molar-refractivity contribution in [3.05, 3.63) is 109 Å². The van der Waals surface area contributed by atoms with Crippen molar-refractivity contribution < 1.29 is 49.3 Å². The number of unbranched alkanes of at least 4 members (excludes halogenated alkanes) is 25. The minimum Gasteiger partial charge on any atom is -0.454 e. The van der Waals surface area contributed by atoms with E-state index in [1.54, 1.807) is 12.2 Å². The Morgan fingerprint density at radius 1 is 0.494 bits per heavy atom. The second kappa shape index (κ2) is 56.8. The van der Waals surface area contributed by atoms with Crippen LogP contribution in [-0.2, 0) is 23.8 Å². The van der Waals surface area contributed by atoms with Gasteiger partial charge in [0, 0.05) is 12.8 Å². The molecule has 1 heterocycles. The fraction of sp³-hybridized carbons (Fsp3) is 0.714. The van der Waals surface area contributed by atoms with Crippen LogP contribution in [0.1, 0.15) is 258 Å². The number of esters is 1.